The second-order valence-corrected chi connectivity index (χ2v) is 4.41. The van der Waals surface area contributed by atoms with E-state index in [4.69, 9.17) is 5.73 Å². The van der Waals surface area contributed by atoms with Gasteiger partial charge in [-0.2, -0.15) is 0 Å². The van der Waals surface area contributed by atoms with Crippen molar-refractivity contribution in [2.24, 2.45) is 11.7 Å². The number of piperidine rings is 1. The standard InChI is InChI=1S/C12H19N5O/c1-14-12(18)9-2-6-17(7-3-9)11-10(8-13)15-4-5-16-11/h4-5,9H,2-3,6-8,13H2,1H3,(H,14,18). The van der Waals surface area contributed by atoms with Gasteiger partial charge in [-0.1, -0.05) is 0 Å². The van der Waals surface area contributed by atoms with E-state index in [0.29, 0.717) is 6.54 Å². The lowest BCUT2D eigenvalue weighted by Crippen LogP contribution is -2.40. The van der Waals surface area contributed by atoms with Gasteiger partial charge in [0.05, 0.1) is 5.69 Å². The van der Waals surface area contributed by atoms with Crippen molar-refractivity contribution in [2.45, 2.75) is 19.4 Å². The van der Waals surface area contributed by atoms with Gasteiger partial charge in [-0.25, -0.2) is 4.98 Å². The molecular weight excluding hydrogens is 230 g/mol. The summed E-state index contributed by atoms with van der Waals surface area (Å²) >= 11 is 0. The van der Waals surface area contributed by atoms with Crippen LogP contribution in [0.5, 0.6) is 0 Å². The second-order valence-electron chi connectivity index (χ2n) is 4.41. The SMILES string of the molecule is CNC(=O)C1CCN(c2nccnc2CN)CC1. The minimum absolute atomic E-state index is 0.115. The summed E-state index contributed by atoms with van der Waals surface area (Å²) in [7, 11) is 1.68. The Labute approximate surface area is 107 Å². The first kappa shape index (κ1) is 12.8. The van der Waals surface area contributed by atoms with Gasteiger partial charge in [0, 0.05) is 45.0 Å². The van der Waals surface area contributed by atoms with Crippen molar-refractivity contribution in [1.29, 1.82) is 0 Å². The second kappa shape index (κ2) is 5.77. The average molecular weight is 249 g/mol. The third kappa shape index (κ3) is 2.59. The number of nitrogens with one attached hydrogen (secondary N) is 1. The summed E-state index contributed by atoms with van der Waals surface area (Å²) in [6.07, 6.45) is 5.03. The number of hydrogen-bond acceptors (Lipinski definition) is 5. The van der Waals surface area contributed by atoms with Crippen molar-refractivity contribution in [3.05, 3.63) is 18.1 Å². The van der Waals surface area contributed by atoms with Gasteiger partial charge >= 0.3 is 0 Å². The molecule has 1 aromatic heterocycles. The minimum atomic E-state index is 0.115. The number of aromatic nitrogens is 2. The Hall–Kier alpha value is -1.69. The Morgan fingerprint density at radius 3 is 2.72 bits per heavy atom. The summed E-state index contributed by atoms with van der Waals surface area (Å²) in [5.41, 5.74) is 6.48. The van der Waals surface area contributed by atoms with Crippen LogP contribution in [0.3, 0.4) is 0 Å². The largest absolute Gasteiger partial charge is 0.359 e. The first-order chi connectivity index (χ1) is 8.76. The molecule has 6 nitrogen and oxygen atoms in total. The van der Waals surface area contributed by atoms with Crippen LogP contribution < -0.4 is 16.0 Å². The van der Waals surface area contributed by atoms with E-state index in [-0.39, 0.29) is 11.8 Å². The lowest BCUT2D eigenvalue weighted by molar-refractivity contribution is -0.125. The Morgan fingerprint density at radius 2 is 2.11 bits per heavy atom. The van der Waals surface area contributed by atoms with Crippen LogP contribution in [0.25, 0.3) is 0 Å². The maximum atomic E-state index is 11.6. The highest BCUT2D eigenvalue weighted by Gasteiger charge is 2.25. The van der Waals surface area contributed by atoms with Gasteiger partial charge in [0.25, 0.3) is 0 Å². The van der Waals surface area contributed by atoms with Crippen LogP contribution in [0.4, 0.5) is 5.82 Å². The number of carbonyl (C=O) groups is 1. The molecule has 0 aliphatic carbocycles. The number of rotatable bonds is 3. The van der Waals surface area contributed by atoms with Crippen LogP contribution in [0.1, 0.15) is 18.5 Å². The van der Waals surface area contributed by atoms with Gasteiger partial charge in [0.1, 0.15) is 0 Å². The molecule has 0 aromatic carbocycles. The van der Waals surface area contributed by atoms with Crippen LogP contribution in [-0.4, -0.2) is 36.0 Å². The topological polar surface area (TPSA) is 84.1 Å². The van der Waals surface area contributed by atoms with Gasteiger partial charge in [0.2, 0.25) is 5.91 Å². The molecule has 1 saturated heterocycles. The number of hydrogen-bond donors (Lipinski definition) is 2. The maximum Gasteiger partial charge on any atom is 0.222 e. The zero-order valence-electron chi connectivity index (χ0n) is 10.6. The monoisotopic (exact) mass is 249 g/mol. The normalized spacial score (nSPS) is 16.7. The lowest BCUT2D eigenvalue weighted by Gasteiger charge is -2.32. The molecule has 2 rings (SSSR count). The first-order valence-electron chi connectivity index (χ1n) is 6.22. The highest BCUT2D eigenvalue weighted by Crippen LogP contribution is 2.23. The van der Waals surface area contributed by atoms with E-state index in [2.05, 4.69) is 20.2 Å². The van der Waals surface area contributed by atoms with Crippen LogP contribution in [0, 0.1) is 5.92 Å². The summed E-state index contributed by atoms with van der Waals surface area (Å²) in [5.74, 6) is 1.10. The molecule has 1 amide bonds. The molecular formula is C12H19N5O. The summed E-state index contributed by atoms with van der Waals surface area (Å²) in [5, 5.41) is 2.71. The van der Waals surface area contributed by atoms with Crippen LogP contribution in [0.15, 0.2) is 12.4 Å². The van der Waals surface area contributed by atoms with Crippen LogP contribution >= 0.6 is 0 Å². The van der Waals surface area contributed by atoms with E-state index in [0.717, 1.165) is 37.4 Å². The molecule has 0 unspecified atom stereocenters. The molecule has 1 aromatic rings. The molecule has 0 spiro atoms. The molecule has 6 heteroatoms. The van der Waals surface area contributed by atoms with E-state index < -0.39 is 0 Å². The van der Waals surface area contributed by atoms with Crippen molar-refractivity contribution in [3.63, 3.8) is 0 Å². The van der Waals surface area contributed by atoms with Gasteiger partial charge < -0.3 is 16.0 Å². The Kier molecular flexibility index (Phi) is 4.09. The number of amides is 1. The van der Waals surface area contributed by atoms with Crippen molar-refractivity contribution in [2.75, 3.05) is 25.0 Å². The Bertz CT molecular complexity index is 415. The summed E-state index contributed by atoms with van der Waals surface area (Å²) in [4.78, 5) is 22.3. The fourth-order valence-electron chi connectivity index (χ4n) is 2.33. The fourth-order valence-corrected chi connectivity index (χ4v) is 2.33. The zero-order chi connectivity index (χ0) is 13.0. The predicted octanol–water partition coefficient (Wildman–Crippen LogP) is -0.102. The predicted molar refractivity (Wildman–Crippen MR) is 68.9 cm³/mol. The Morgan fingerprint density at radius 1 is 1.44 bits per heavy atom. The molecule has 0 radical (unpaired) electrons. The third-order valence-corrected chi connectivity index (χ3v) is 3.36. The van der Waals surface area contributed by atoms with Crippen molar-refractivity contribution < 1.29 is 4.79 Å². The fraction of sp³-hybridized carbons (Fsp3) is 0.583. The number of carbonyl (C=O) groups excluding carboxylic acids is 1. The number of nitrogens with two attached hydrogens (primary N) is 1. The quantitative estimate of drug-likeness (QED) is 0.781. The average Bonchev–Trinajstić information content (AvgIpc) is 2.46. The third-order valence-electron chi connectivity index (χ3n) is 3.36. The molecule has 0 atom stereocenters. The van der Waals surface area contributed by atoms with E-state index in [1.807, 2.05) is 0 Å². The summed E-state index contributed by atoms with van der Waals surface area (Å²) < 4.78 is 0. The van der Waals surface area contributed by atoms with Gasteiger partial charge in [-0.15, -0.1) is 0 Å². The zero-order valence-corrected chi connectivity index (χ0v) is 10.6. The number of nitrogens with zero attached hydrogens (tertiary/aromatic N) is 3. The van der Waals surface area contributed by atoms with E-state index in [1.165, 1.54) is 0 Å². The van der Waals surface area contributed by atoms with Crippen molar-refractivity contribution in [1.82, 2.24) is 15.3 Å². The van der Waals surface area contributed by atoms with Crippen molar-refractivity contribution >= 4 is 11.7 Å². The maximum absolute atomic E-state index is 11.6. The smallest absolute Gasteiger partial charge is 0.222 e. The number of anilines is 1. The van der Waals surface area contributed by atoms with Crippen molar-refractivity contribution in [3.8, 4) is 0 Å². The van der Waals surface area contributed by atoms with Gasteiger partial charge in [-0.05, 0) is 12.8 Å². The molecule has 1 fully saturated rings. The van der Waals surface area contributed by atoms with Gasteiger partial charge in [0.15, 0.2) is 5.82 Å². The minimum Gasteiger partial charge on any atom is -0.359 e. The molecule has 1 aliphatic heterocycles. The van der Waals surface area contributed by atoms with E-state index in [9.17, 15) is 4.79 Å². The molecule has 0 bridgehead atoms. The van der Waals surface area contributed by atoms with E-state index >= 15 is 0 Å². The highest BCUT2D eigenvalue weighted by molar-refractivity contribution is 5.78. The summed E-state index contributed by atoms with van der Waals surface area (Å²) in [6.45, 7) is 2.03. The molecule has 0 saturated carbocycles. The summed E-state index contributed by atoms with van der Waals surface area (Å²) in [6, 6.07) is 0. The van der Waals surface area contributed by atoms with Gasteiger partial charge in [-0.3, -0.25) is 9.78 Å². The van der Waals surface area contributed by atoms with E-state index in [1.54, 1.807) is 19.4 Å². The van der Waals surface area contributed by atoms with Crippen LogP contribution in [-0.2, 0) is 11.3 Å². The molecule has 3 N–H and O–H groups in total. The van der Waals surface area contributed by atoms with Crippen LogP contribution in [0.2, 0.25) is 0 Å². The lowest BCUT2D eigenvalue weighted by atomic mass is 9.96. The molecule has 98 valence electrons. The first-order valence-corrected chi connectivity index (χ1v) is 6.22. The Balaban J connectivity index is 2.03. The molecule has 1 aliphatic rings. The molecule has 18 heavy (non-hydrogen) atoms. The molecule has 2 heterocycles. The highest BCUT2D eigenvalue weighted by atomic mass is 16.1.